The Morgan fingerprint density at radius 2 is 2.47 bits per heavy atom. The fourth-order valence-corrected chi connectivity index (χ4v) is 1.02. The Labute approximate surface area is 84.7 Å². The normalized spacial score (nSPS) is 9.93. The first-order chi connectivity index (χ1) is 7.00. The number of hydrogen-bond acceptors (Lipinski definition) is 5. The molecule has 82 valence electrons. The average Bonchev–Trinajstić information content (AvgIpc) is 2.46. The van der Waals surface area contributed by atoms with E-state index < -0.39 is 10.9 Å². The molecule has 0 unspecified atom stereocenters. The van der Waals surface area contributed by atoms with Crippen LogP contribution in [0.25, 0.3) is 0 Å². The molecule has 0 radical (unpaired) electrons. The summed E-state index contributed by atoms with van der Waals surface area (Å²) in [5.41, 5.74) is -0.164. The van der Waals surface area contributed by atoms with Gasteiger partial charge in [-0.05, 0) is 0 Å². The van der Waals surface area contributed by atoms with E-state index in [0.29, 0.717) is 0 Å². The summed E-state index contributed by atoms with van der Waals surface area (Å²) in [6.07, 6.45) is 1.14. The molecule has 0 bridgehead atoms. The third-order valence-electron chi connectivity index (χ3n) is 1.64. The van der Waals surface area contributed by atoms with Crippen molar-refractivity contribution in [3.05, 3.63) is 16.3 Å². The zero-order valence-corrected chi connectivity index (χ0v) is 8.01. The van der Waals surface area contributed by atoms with E-state index in [1.807, 2.05) is 0 Å². The van der Waals surface area contributed by atoms with Crippen LogP contribution in [0.4, 0.5) is 11.5 Å². The van der Waals surface area contributed by atoms with Crippen LogP contribution in [-0.4, -0.2) is 32.3 Å². The first kappa shape index (κ1) is 11.0. The number of nitro groups is 1. The van der Waals surface area contributed by atoms with Gasteiger partial charge >= 0.3 is 11.7 Å². The van der Waals surface area contributed by atoms with Gasteiger partial charge in [0.2, 0.25) is 5.82 Å². The van der Waals surface area contributed by atoms with Crippen LogP contribution in [0.5, 0.6) is 0 Å². The molecule has 0 atom stereocenters. The van der Waals surface area contributed by atoms with Crippen LogP contribution < -0.4 is 5.32 Å². The van der Waals surface area contributed by atoms with Crippen molar-refractivity contribution < 1.29 is 14.8 Å². The quantitative estimate of drug-likeness (QED) is 0.535. The van der Waals surface area contributed by atoms with Crippen molar-refractivity contribution in [3.63, 3.8) is 0 Å². The van der Waals surface area contributed by atoms with Crippen molar-refractivity contribution in [1.82, 2.24) is 9.78 Å². The highest BCUT2D eigenvalue weighted by Gasteiger charge is 2.17. The minimum Gasteiger partial charge on any atom is -0.481 e. The summed E-state index contributed by atoms with van der Waals surface area (Å²) in [7, 11) is 1.55. The first-order valence-corrected chi connectivity index (χ1v) is 4.14. The lowest BCUT2D eigenvalue weighted by Gasteiger charge is -1.98. The summed E-state index contributed by atoms with van der Waals surface area (Å²) in [5, 5.41) is 25.3. The molecule has 1 heterocycles. The maximum atomic E-state index is 10.5. The maximum absolute atomic E-state index is 10.5. The van der Waals surface area contributed by atoms with E-state index in [1.54, 1.807) is 7.05 Å². The first-order valence-electron chi connectivity index (χ1n) is 4.14. The van der Waals surface area contributed by atoms with Crippen LogP contribution in [0, 0.1) is 10.1 Å². The second kappa shape index (κ2) is 4.40. The number of nitrogens with zero attached hydrogens (tertiary/aromatic N) is 3. The Morgan fingerprint density at radius 3 is 3.00 bits per heavy atom. The molecule has 0 aromatic carbocycles. The van der Waals surface area contributed by atoms with Crippen LogP contribution in [-0.2, 0) is 11.8 Å². The number of anilines is 1. The summed E-state index contributed by atoms with van der Waals surface area (Å²) in [6.45, 7) is 0.104. The molecule has 8 nitrogen and oxygen atoms in total. The number of carboxylic acids is 1. The molecule has 1 rings (SSSR count). The average molecular weight is 214 g/mol. The van der Waals surface area contributed by atoms with Crippen LogP contribution >= 0.6 is 0 Å². The van der Waals surface area contributed by atoms with Gasteiger partial charge in [0.1, 0.15) is 6.20 Å². The second-order valence-corrected chi connectivity index (χ2v) is 2.86. The number of aromatic nitrogens is 2. The van der Waals surface area contributed by atoms with Crippen molar-refractivity contribution in [3.8, 4) is 0 Å². The monoisotopic (exact) mass is 214 g/mol. The van der Waals surface area contributed by atoms with E-state index >= 15 is 0 Å². The van der Waals surface area contributed by atoms with Gasteiger partial charge in [0, 0.05) is 13.6 Å². The van der Waals surface area contributed by atoms with E-state index in [0.717, 1.165) is 0 Å². The lowest BCUT2D eigenvalue weighted by molar-refractivity contribution is -0.384. The third kappa shape index (κ3) is 2.93. The lowest BCUT2D eigenvalue weighted by atomic mass is 10.4. The van der Waals surface area contributed by atoms with E-state index in [1.165, 1.54) is 10.9 Å². The highest BCUT2D eigenvalue weighted by molar-refractivity contribution is 5.67. The summed E-state index contributed by atoms with van der Waals surface area (Å²) >= 11 is 0. The summed E-state index contributed by atoms with van der Waals surface area (Å²) in [5.74, 6) is -0.884. The molecule has 1 aromatic heterocycles. The van der Waals surface area contributed by atoms with Gasteiger partial charge in [0.15, 0.2) is 0 Å². The van der Waals surface area contributed by atoms with Crippen molar-refractivity contribution in [2.24, 2.45) is 7.05 Å². The molecule has 0 amide bonds. The number of nitrogens with one attached hydrogen (secondary N) is 1. The predicted octanol–water partition coefficient (Wildman–Crippen LogP) is 0.215. The molecule has 0 saturated carbocycles. The van der Waals surface area contributed by atoms with Crippen molar-refractivity contribution >= 4 is 17.5 Å². The molecular weight excluding hydrogens is 204 g/mol. The Balaban J connectivity index is 2.67. The fraction of sp³-hybridized carbons (Fsp3) is 0.429. The highest BCUT2D eigenvalue weighted by atomic mass is 16.6. The highest BCUT2D eigenvalue weighted by Crippen LogP contribution is 2.20. The fourth-order valence-electron chi connectivity index (χ4n) is 1.02. The van der Waals surface area contributed by atoms with Gasteiger partial charge in [-0.1, -0.05) is 0 Å². The lowest BCUT2D eigenvalue weighted by Crippen LogP contribution is -2.09. The molecule has 0 spiro atoms. The van der Waals surface area contributed by atoms with E-state index in [9.17, 15) is 14.9 Å². The van der Waals surface area contributed by atoms with Gasteiger partial charge in [-0.15, -0.1) is 5.10 Å². The molecule has 1 aromatic rings. The zero-order valence-electron chi connectivity index (χ0n) is 8.01. The van der Waals surface area contributed by atoms with Crippen LogP contribution in [0.3, 0.4) is 0 Å². The topological polar surface area (TPSA) is 110 Å². The Morgan fingerprint density at radius 1 is 1.80 bits per heavy atom. The van der Waals surface area contributed by atoms with Gasteiger partial charge in [0.25, 0.3) is 0 Å². The molecule has 0 aliphatic rings. The van der Waals surface area contributed by atoms with E-state index in [-0.39, 0.29) is 24.5 Å². The standard InChI is InChI=1S/C7H10N4O4/c1-10-4-5(11(14)15)7(9-10)8-3-2-6(12)13/h4H,2-3H2,1H3,(H,8,9)(H,12,13). The zero-order chi connectivity index (χ0) is 11.4. The third-order valence-corrected chi connectivity index (χ3v) is 1.64. The molecule has 0 fully saturated rings. The summed E-state index contributed by atoms with van der Waals surface area (Å²) in [4.78, 5) is 20.2. The van der Waals surface area contributed by atoms with E-state index in [4.69, 9.17) is 5.11 Å². The van der Waals surface area contributed by atoms with Crippen LogP contribution in [0.15, 0.2) is 6.20 Å². The maximum Gasteiger partial charge on any atom is 0.330 e. The van der Waals surface area contributed by atoms with Gasteiger partial charge in [0.05, 0.1) is 11.3 Å². The smallest absolute Gasteiger partial charge is 0.330 e. The SMILES string of the molecule is Cn1cc([N+](=O)[O-])c(NCCC(=O)O)n1. The molecule has 0 saturated heterocycles. The van der Waals surface area contributed by atoms with Gasteiger partial charge < -0.3 is 10.4 Å². The Kier molecular flexibility index (Phi) is 3.21. The van der Waals surface area contributed by atoms with Crippen LogP contribution in [0.2, 0.25) is 0 Å². The molecule has 2 N–H and O–H groups in total. The summed E-state index contributed by atoms with van der Waals surface area (Å²) in [6, 6.07) is 0. The number of aliphatic carboxylic acids is 1. The van der Waals surface area contributed by atoms with Gasteiger partial charge in [-0.2, -0.15) is 0 Å². The predicted molar refractivity (Wildman–Crippen MR) is 50.6 cm³/mol. The van der Waals surface area contributed by atoms with Crippen molar-refractivity contribution in [2.45, 2.75) is 6.42 Å². The van der Waals surface area contributed by atoms with Crippen molar-refractivity contribution in [1.29, 1.82) is 0 Å². The second-order valence-electron chi connectivity index (χ2n) is 2.86. The Hall–Kier alpha value is -2.12. The Bertz CT molecular complexity index is 386. The molecular formula is C7H10N4O4. The minimum absolute atomic E-state index is 0.0868. The molecule has 0 aliphatic carbocycles. The number of carbonyl (C=O) groups is 1. The number of rotatable bonds is 5. The summed E-state index contributed by atoms with van der Waals surface area (Å²) < 4.78 is 1.29. The number of carboxylic acid groups (broad SMARTS) is 1. The van der Waals surface area contributed by atoms with Gasteiger partial charge in [-0.3, -0.25) is 19.6 Å². The van der Waals surface area contributed by atoms with Crippen molar-refractivity contribution in [2.75, 3.05) is 11.9 Å². The number of hydrogen-bond donors (Lipinski definition) is 2. The molecule has 0 aliphatic heterocycles. The van der Waals surface area contributed by atoms with Gasteiger partial charge in [-0.25, -0.2) is 0 Å². The number of aryl methyl sites for hydroxylation is 1. The molecule has 15 heavy (non-hydrogen) atoms. The molecule has 8 heteroatoms. The van der Waals surface area contributed by atoms with Crippen LogP contribution in [0.1, 0.15) is 6.42 Å². The van der Waals surface area contributed by atoms with E-state index in [2.05, 4.69) is 10.4 Å². The largest absolute Gasteiger partial charge is 0.481 e. The minimum atomic E-state index is -0.971.